The van der Waals surface area contributed by atoms with E-state index in [0.29, 0.717) is 0 Å². The largest absolute Gasteiger partial charge is 0.196 e. The summed E-state index contributed by atoms with van der Waals surface area (Å²) in [7, 11) is 0. The van der Waals surface area contributed by atoms with Crippen molar-refractivity contribution < 1.29 is 0 Å². The molecule has 0 aliphatic carbocycles. The summed E-state index contributed by atoms with van der Waals surface area (Å²) in [5.41, 5.74) is 1.14. The molecule has 0 saturated carbocycles. The summed E-state index contributed by atoms with van der Waals surface area (Å²) >= 11 is 0. The van der Waals surface area contributed by atoms with Crippen LogP contribution in [0, 0.1) is 11.3 Å². The average Bonchev–Trinajstić information content (AvgIpc) is 2.67. The van der Waals surface area contributed by atoms with Gasteiger partial charge in [-0.15, -0.1) is 0 Å². The average molecular weight is 171 g/mol. The van der Waals surface area contributed by atoms with Crippen LogP contribution in [-0.2, 0) is 0 Å². The first-order chi connectivity index (χ1) is 6.40. The molecule has 13 heavy (non-hydrogen) atoms. The van der Waals surface area contributed by atoms with Crippen LogP contribution in [0.4, 0.5) is 0 Å². The second-order valence-corrected chi connectivity index (χ2v) is 3.04. The summed E-state index contributed by atoms with van der Waals surface area (Å²) in [6.07, 6.45) is 0.723. The van der Waals surface area contributed by atoms with E-state index in [1.807, 2.05) is 30.3 Å². The van der Waals surface area contributed by atoms with Crippen molar-refractivity contribution in [2.45, 2.75) is 18.5 Å². The van der Waals surface area contributed by atoms with E-state index in [1.165, 1.54) is 0 Å². The van der Waals surface area contributed by atoms with Crippen molar-refractivity contribution >= 4 is 0 Å². The van der Waals surface area contributed by atoms with Crippen molar-refractivity contribution in [1.82, 2.24) is 0 Å². The van der Waals surface area contributed by atoms with Crippen LogP contribution in [0.1, 0.15) is 18.0 Å². The second-order valence-electron chi connectivity index (χ2n) is 3.04. The Balaban J connectivity index is 2.15. The molecule has 2 unspecified atom stereocenters. The summed E-state index contributed by atoms with van der Waals surface area (Å²) in [5, 5.41) is 16.6. The van der Waals surface area contributed by atoms with E-state index in [1.54, 1.807) is 0 Å². The molecule has 1 aliphatic heterocycles. The Hall–Kier alpha value is -1.69. The number of nitrogens with zero attached hydrogens (tertiary/aromatic N) is 3. The van der Waals surface area contributed by atoms with Crippen molar-refractivity contribution in [3.05, 3.63) is 35.9 Å². The van der Waals surface area contributed by atoms with Crippen LogP contribution in [0.2, 0.25) is 0 Å². The molecular formula is C10H9N3. The van der Waals surface area contributed by atoms with Gasteiger partial charge in [0.1, 0.15) is 0 Å². The van der Waals surface area contributed by atoms with Crippen molar-refractivity contribution in [1.29, 1.82) is 5.26 Å². The van der Waals surface area contributed by atoms with E-state index >= 15 is 0 Å². The highest BCUT2D eigenvalue weighted by molar-refractivity contribution is 5.20. The maximum atomic E-state index is 8.63. The summed E-state index contributed by atoms with van der Waals surface area (Å²) in [4.78, 5) is 0. The molecule has 1 heterocycles. The molecular weight excluding hydrogens is 162 g/mol. The maximum Gasteiger partial charge on any atom is 0.159 e. The van der Waals surface area contributed by atoms with Crippen LogP contribution in [0.15, 0.2) is 40.6 Å². The lowest BCUT2D eigenvalue weighted by atomic mass is 10.0. The zero-order valence-corrected chi connectivity index (χ0v) is 7.09. The Morgan fingerprint density at radius 3 is 2.62 bits per heavy atom. The first kappa shape index (κ1) is 7.93. The summed E-state index contributed by atoms with van der Waals surface area (Å²) in [6.45, 7) is 0. The molecule has 0 fully saturated rings. The molecule has 1 aromatic carbocycles. The monoisotopic (exact) mass is 171 g/mol. The van der Waals surface area contributed by atoms with Gasteiger partial charge in [-0.3, -0.25) is 0 Å². The fourth-order valence-electron chi connectivity index (χ4n) is 1.42. The smallest absolute Gasteiger partial charge is 0.159 e. The SMILES string of the molecule is N#CC1CC(c2ccccc2)N=N1. The molecule has 1 aromatic rings. The number of rotatable bonds is 1. The van der Waals surface area contributed by atoms with Crippen LogP contribution in [0.5, 0.6) is 0 Å². The first-order valence-corrected chi connectivity index (χ1v) is 4.24. The van der Waals surface area contributed by atoms with E-state index in [9.17, 15) is 0 Å². The van der Waals surface area contributed by atoms with Gasteiger partial charge >= 0.3 is 0 Å². The van der Waals surface area contributed by atoms with Crippen LogP contribution in [0.25, 0.3) is 0 Å². The third kappa shape index (κ3) is 1.57. The minimum absolute atomic E-state index is 0.0888. The van der Waals surface area contributed by atoms with Gasteiger partial charge < -0.3 is 0 Å². The molecule has 0 radical (unpaired) electrons. The molecule has 0 N–H and O–H groups in total. The quantitative estimate of drug-likeness (QED) is 0.640. The van der Waals surface area contributed by atoms with Gasteiger partial charge in [-0.25, -0.2) is 0 Å². The summed E-state index contributed by atoms with van der Waals surface area (Å²) in [5.74, 6) is 0. The number of hydrogen-bond donors (Lipinski definition) is 0. The molecule has 0 amide bonds. The number of hydrogen-bond acceptors (Lipinski definition) is 3. The van der Waals surface area contributed by atoms with Gasteiger partial charge in [0.25, 0.3) is 0 Å². The standard InChI is InChI=1S/C10H9N3/c11-7-9-6-10(13-12-9)8-4-2-1-3-5-8/h1-5,9-10H,6H2. The molecule has 0 aromatic heterocycles. The molecule has 3 nitrogen and oxygen atoms in total. The van der Waals surface area contributed by atoms with Gasteiger partial charge in [0.15, 0.2) is 6.04 Å². The van der Waals surface area contributed by atoms with E-state index < -0.39 is 0 Å². The molecule has 0 bridgehead atoms. The first-order valence-electron chi connectivity index (χ1n) is 4.24. The number of azo groups is 1. The lowest BCUT2D eigenvalue weighted by Crippen LogP contribution is -1.98. The van der Waals surface area contributed by atoms with E-state index in [4.69, 9.17) is 5.26 Å². The number of nitriles is 1. The second kappa shape index (κ2) is 3.36. The molecule has 2 rings (SSSR count). The van der Waals surface area contributed by atoms with Crippen LogP contribution in [-0.4, -0.2) is 6.04 Å². The minimum Gasteiger partial charge on any atom is -0.196 e. The topological polar surface area (TPSA) is 48.5 Å². The van der Waals surface area contributed by atoms with Gasteiger partial charge in [-0.2, -0.15) is 15.5 Å². The van der Waals surface area contributed by atoms with Crippen LogP contribution >= 0.6 is 0 Å². The van der Waals surface area contributed by atoms with E-state index in [-0.39, 0.29) is 12.1 Å². The molecule has 3 heteroatoms. The fourth-order valence-corrected chi connectivity index (χ4v) is 1.42. The summed E-state index contributed by atoms with van der Waals surface area (Å²) in [6, 6.07) is 11.9. The Kier molecular flexibility index (Phi) is 2.05. The Morgan fingerprint density at radius 1 is 1.23 bits per heavy atom. The van der Waals surface area contributed by atoms with E-state index in [2.05, 4.69) is 16.3 Å². The third-order valence-electron chi connectivity index (χ3n) is 2.13. The highest BCUT2D eigenvalue weighted by atomic mass is 15.2. The lowest BCUT2D eigenvalue weighted by molar-refractivity contribution is 0.707. The van der Waals surface area contributed by atoms with Gasteiger partial charge in [-0.1, -0.05) is 30.3 Å². The van der Waals surface area contributed by atoms with Crippen molar-refractivity contribution in [3.8, 4) is 6.07 Å². The molecule has 2 atom stereocenters. The highest BCUT2D eigenvalue weighted by Gasteiger charge is 2.22. The molecule has 0 spiro atoms. The zero-order chi connectivity index (χ0) is 9.10. The minimum atomic E-state index is -0.245. The van der Waals surface area contributed by atoms with Crippen LogP contribution < -0.4 is 0 Å². The molecule has 1 aliphatic rings. The predicted octanol–water partition coefficient (Wildman–Crippen LogP) is 2.48. The van der Waals surface area contributed by atoms with Gasteiger partial charge in [0, 0.05) is 6.42 Å². The molecule has 0 saturated heterocycles. The van der Waals surface area contributed by atoms with Crippen molar-refractivity contribution in [2.75, 3.05) is 0 Å². The predicted molar refractivity (Wildman–Crippen MR) is 48.1 cm³/mol. The Labute approximate surface area is 76.7 Å². The highest BCUT2D eigenvalue weighted by Crippen LogP contribution is 2.29. The third-order valence-corrected chi connectivity index (χ3v) is 2.13. The lowest BCUT2D eigenvalue weighted by Gasteiger charge is -2.03. The summed E-state index contributed by atoms with van der Waals surface area (Å²) < 4.78 is 0. The Morgan fingerprint density at radius 2 is 2.00 bits per heavy atom. The maximum absolute atomic E-state index is 8.63. The molecule has 64 valence electrons. The normalized spacial score (nSPS) is 25.8. The van der Waals surface area contributed by atoms with Crippen molar-refractivity contribution in [3.63, 3.8) is 0 Å². The Bertz CT molecular complexity index is 350. The van der Waals surface area contributed by atoms with E-state index in [0.717, 1.165) is 12.0 Å². The van der Waals surface area contributed by atoms with Gasteiger partial charge in [0.2, 0.25) is 0 Å². The van der Waals surface area contributed by atoms with Gasteiger partial charge in [0.05, 0.1) is 12.1 Å². The number of benzene rings is 1. The van der Waals surface area contributed by atoms with Gasteiger partial charge in [-0.05, 0) is 5.56 Å². The fraction of sp³-hybridized carbons (Fsp3) is 0.300. The van der Waals surface area contributed by atoms with Crippen molar-refractivity contribution in [2.24, 2.45) is 10.2 Å². The van der Waals surface area contributed by atoms with Crippen LogP contribution in [0.3, 0.4) is 0 Å². The zero-order valence-electron chi connectivity index (χ0n) is 7.09.